The number of hydrogen-bond donors (Lipinski definition) is 0. The third-order valence-corrected chi connectivity index (χ3v) is 3.69. The van der Waals surface area contributed by atoms with Crippen molar-refractivity contribution < 1.29 is 4.39 Å². The van der Waals surface area contributed by atoms with Gasteiger partial charge in [0.25, 0.3) is 0 Å². The molecule has 3 rings (SSSR count). The molecule has 0 unspecified atom stereocenters. The number of aromatic nitrogens is 6. The summed E-state index contributed by atoms with van der Waals surface area (Å²) in [5.74, 6) is 0.497. The van der Waals surface area contributed by atoms with Crippen molar-refractivity contribution in [2.24, 2.45) is 4.99 Å². The van der Waals surface area contributed by atoms with Crippen molar-refractivity contribution >= 4 is 18.2 Å². The third kappa shape index (κ3) is 4.27. The average molecular weight is 355 g/mol. The van der Waals surface area contributed by atoms with E-state index in [2.05, 4.69) is 45.4 Å². The molecule has 136 valence electrons. The first-order valence-corrected chi connectivity index (χ1v) is 8.18. The highest BCUT2D eigenvalue weighted by molar-refractivity contribution is 5.51. The zero-order valence-electron chi connectivity index (χ0n) is 15.0. The molecule has 3 aromatic rings. The second-order valence-electron chi connectivity index (χ2n) is 5.26. The van der Waals surface area contributed by atoms with Crippen LogP contribution < -0.4 is 0 Å². The van der Waals surface area contributed by atoms with E-state index < -0.39 is 0 Å². The standard InChI is InChI=1S/C14H15N7.C4H7F/c1-4-12-13(17-9-20-14(12)16-8-19-20)7-11-5-6-18-21(11)10(2)15-3;1-2-3-4-5/h5-6,8-9H,2-4,7H2,1H3;2-3H,4H2,1H3/b;3-2-. The van der Waals surface area contributed by atoms with Gasteiger partial charge in [-0.15, -0.1) is 0 Å². The van der Waals surface area contributed by atoms with Crippen molar-refractivity contribution in [3.05, 3.63) is 60.6 Å². The highest BCUT2D eigenvalue weighted by Gasteiger charge is 2.13. The van der Waals surface area contributed by atoms with Crippen molar-refractivity contribution in [1.82, 2.24) is 29.4 Å². The summed E-state index contributed by atoms with van der Waals surface area (Å²) in [7, 11) is 0. The molecule has 0 aliphatic carbocycles. The van der Waals surface area contributed by atoms with E-state index in [1.807, 2.05) is 6.07 Å². The van der Waals surface area contributed by atoms with Crippen LogP contribution in [0.3, 0.4) is 0 Å². The Balaban J connectivity index is 0.000000431. The molecule has 0 amide bonds. The molecule has 0 spiro atoms. The first-order chi connectivity index (χ1) is 12.7. The van der Waals surface area contributed by atoms with Crippen molar-refractivity contribution in [2.45, 2.75) is 26.7 Å². The van der Waals surface area contributed by atoms with Gasteiger partial charge in [-0.2, -0.15) is 10.2 Å². The number of rotatable bonds is 6. The van der Waals surface area contributed by atoms with E-state index in [4.69, 9.17) is 0 Å². The summed E-state index contributed by atoms with van der Waals surface area (Å²) in [6, 6.07) is 1.92. The quantitative estimate of drug-likeness (QED) is 0.503. The molecular weight excluding hydrogens is 333 g/mol. The summed E-state index contributed by atoms with van der Waals surface area (Å²) >= 11 is 0. The summed E-state index contributed by atoms with van der Waals surface area (Å²) in [6.45, 7) is 10.8. The van der Waals surface area contributed by atoms with E-state index in [0.717, 1.165) is 29.0 Å². The van der Waals surface area contributed by atoms with Crippen LogP contribution in [0, 0.1) is 0 Å². The highest BCUT2D eigenvalue weighted by atomic mass is 19.1. The van der Waals surface area contributed by atoms with Crippen molar-refractivity contribution in [3.63, 3.8) is 0 Å². The number of allylic oxidation sites excluding steroid dienone is 2. The number of alkyl halides is 1. The molecular formula is C18H22FN7. The normalized spacial score (nSPS) is 10.7. The Morgan fingerprint density at radius 3 is 2.77 bits per heavy atom. The van der Waals surface area contributed by atoms with E-state index in [9.17, 15) is 4.39 Å². The molecule has 3 aromatic heterocycles. The number of nitrogens with zero attached hydrogens (tertiary/aromatic N) is 7. The fourth-order valence-electron chi connectivity index (χ4n) is 2.42. The van der Waals surface area contributed by atoms with Gasteiger partial charge in [0, 0.05) is 18.2 Å². The SMILES string of the molecule is C/C=C\CF.C=NC(=C)n1nccc1Cc1ncn2ncnc2c1CC. The molecule has 0 aliphatic heterocycles. The number of fused-ring (bicyclic) bond motifs is 1. The van der Waals surface area contributed by atoms with Gasteiger partial charge < -0.3 is 0 Å². The molecule has 0 N–H and O–H groups in total. The maximum atomic E-state index is 10.9. The lowest BCUT2D eigenvalue weighted by Gasteiger charge is -2.09. The number of aryl methyl sites for hydroxylation is 1. The summed E-state index contributed by atoms with van der Waals surface area (Å²) in [5, 5.41) is 8.33. The van der Waals surface area contributed by atoms with Crippen LogP contribution in [-0.4, -0.2) is 42.8 Å². The number of hydrogen-bond acceptors (Lipinski definition) is 5. The molecule has 0 saturated carbocycles. The fourth-order valence-corrected chi connectivity index (χ4v) is 2.42. The molecule has 0 radical (unpaired) electrons. The topological polar surface area (TPSA) is 73.3 Å². The first kappa shape index (κ1) is 19.2. The van der Waals surface area contributed by atoms with Gasteiger partial charge in [-0.25, -0.2) is 28.5 Å². The van der Waals surface area contributed by atoms with Crippen LogP contribution in [0.2, 0.25) is 0 Å². The van der Waals surface area contributed by atoms with Crippen LogP contribution in [-0.2, 0) is 12.8 Å². The van der Waals surface area contributed by atoms with Crippen LogP contribution in [0.1, 0.15) is 30.8 Å². The van der Waals surface area contributed by atoms with Gasteiger partial charge in [-0.1, -0.05) is 25.7 Å². The van der Waals surface area contributed by atoms with E-state index in [1.165, 1.54) is 12.4 Å². The molecule has 0 fully saturated rings. The van der Waals surface area contributed by atoms with E-state index >= 15 is 0 Å². The summed E-state index contributed by atoms with van der Waals surface area (Å²) in [5.41, 5.74) is 3.84. The molecule has 0 atom stereocenters. The van der Waals surface area contributed by atoms with Gasteiger partial charge >= 0.3 is 0 Å². The largest absolute Gasteiger partial charge is 0.247 e. The van der Waals surface area contributed by atoms with Crippen LogP contribution in [0.15, 0.2) is 48.6 Å². The molecule has 0 aromatic carbocycles. The van der Waals surface area contributed by atoms with Crippen LogP contribution >= 0.6 is 0 Å². The van der Waals surface area contributed by atoms with Gasteiger partial charge in [0.15, 0.2) is 5.65 Å². The Morgan fingerprint density at radius 2 is 2.15 bits per heavy atom. The smallest absolute Gasteiger partial charge is 0.162 e. The molecule has 8 heteroatoms. The summed E-state index contributed by atoms with van der Waals surface area (Å²) in [6.07, 6.45) is 9.53. The minimum absolute atomic E-state index is 0.337. The third-order valence-electron chi connectivity index (χ3n) is 3.69. The molecule has 0 aliphatic rings. The van der Waals surface area contributed by atoms with Crippen molar-refractivity contribution in [3.8, 4) is 0 Å². The number of halogens is 1. The number of aliphatic imine (C=N–C) groups is 1. The zero-order chi connectivity index (χ0) is 18.9. The van der Waals surface area contributed by atoms with Gasteiger partial charge in [-0.3, -0.25) is 0 Å². The van der Waals surface area contributed by atoms with Crippen LogP contribution in [0.5, 0.6) is 0 Å². The Kier molecular flexibility index (Phi) is 6.90. The van der Waals surface area contributed by atoms with Gasteiger partial charge in [0.1, 0.15) is 25.2 Å². The van der Waals surface area contributed by atoms with Gasteiger partial charge in [0.05, 0.1) is 11.4 Å². The van der Waals surface area contributed by atoms with E-state index in [1.54, 1.807) is 34.7 Å². The molecule has 0 saturated heterocycles. The molecule has 26 heavy (non-hydrogen) atoms. The minimum Gasteiger partial charge on any atom is -0.247 e. The lowest BCUT2D eigenvalue weighted by Crippen LogP contribution is -2.07. The van der Waals surface area contributed by atoms with Crippen LogP contribution in [0.25, 0.3) is 11.5 Å². The predicted molar refractivity (Wildman–Crippen MR) is 101 cm³/mol. The lowest BCUT2D eigenvalue weighted by molar-refractivity contribution is 0.561. The van der Waals surface area contributed by atoms with Crippen molar-refractivity contribution in [1.29, 1.82) is 0 Å². The highest BCUT2D eigenvalue weighted by Crippen LogP contribution is 2.17. The summed E-state index contributed by atoms with van der Waals surface area (Å²) in [4.78, 5) is 12.6. The monoisotopic (exact) mass is 355 g/mol. The Labute approximate surface area is 151 Å². The molecule has 3 heterocycles. The van der Waals surface area contributed by atoms with Gasteiger partial charge in [-0.05, 0) is 26.1 Å². The average Bonchev–Trinajstić information content (AvgIpc) is 3.31. The zero-order valence-corrected chi connectivity index (χ0v) is 15.0. The predicted octanol–water partition coefficient (Wildman–Crippen LogP) is 3.13. The second-order valence-corrected chi connectivity index (χ2v) is 5.26. The van der Waals surface area contributed by atoms with E-state index in [-0.39, 0.29) is 6.67 Å². The minimum atomic E-state index is -0.337. The first-order valence-electron chi connectivity index (χ1n) is 8.18. The Bertz CT molecular complexity index is 907. The van der Waals surface area contributed by atoms with E-state index in [0.29, 0.717) is 12.2 Å². The molecule has 7 nitrogen and oxygen atoms in total. The molecule has 0 bridgehead atoms. The van der Waals surface area contributed by atoms with Gasteiger partial charge in [0.2, 0.25) is 0 Å². The fraction of sp³-hybridized carbons (Fsp3) is 0.278. The maximum Gasteiger partial charge on any atom is 0.162 e. The Hall–Kier alpha value is -3.16. The van der Waals surface area contributed by atoms with Crippen molar-refractivity contribution in [2.75, 3.05) is 6.67 Å². The maximum absolute atomic E-state index is 10.9. The lowest BCUT2D eigenvalue weighted by atomic mass is 10.1. The van der Waals surface area contributed by atoms with Crippen LogP contribution in [0.4, 0.5) is 4.39 Å². The summed E-state index contributed by atoms with van der Waals surface area (Å²) < 4.78 is 14.3. The Morgan fingerprint density at radius 1 is 1.35 bits per heavy atom. The second kappa shape index (κ2) is 9.36.